The monoisotopic (exact) mass is 312 g/mol. The molecule has 0 aliphatic rings. The summed E-state index contributed by atoms with van der Waals surface area (Å²) >= 11 is 11.8. The van der Waals surface area contributed by atoms with E-state index in [4.69, 9.17) is 28.9 Å². The van der Waals surface area contributed by atoms with E-state index in [1.165, 1.54) is 18.2 Å². The van der Waals surface area contributed by atoms with Gasteiger partial charge in [0.1, 0.15) is 11.9 Å². The lowest BCUT2D eigenvalue weighted by Gasteiger charge is -2.18. The maximum Gasteiger partial charge on any atom is 0.244 e. The first-order valence-corrected chi connectivity index (χ1v) is 6.50. The van der Waals surface area contributed by atoms with E-state index in [9.17, 15) is 9.18 Å². The second kappa shape index (κ2) is 6.11. The number of anilines is 1. The molecule has 20 heavy (non-hydrogen) atoms. The highest BCUT2D eigenvalue weighted by atomic mass is 35.5. The van der Waals surface area contributed by atoms with E-state index in [-0.39, 0.29) is 5.56 Å². The van der Waals surface area contributed by atoms with Crippen LogP contribution in [0.3, 0.4) is 0 Å². The standard InChI is InChI=1S/C14H11Cl2FN2O/c15-8-5-6-11(17)9(7-8)13(14(18)20)19-12-4-2-1-3-10(12)16/h1-7,13,19H,(H2,18,20). The highest BCUT2D eigenvalue weighted by Gasteiger charge is 2.22. The zero-order chi connectivity index (χ0) is 14.7. The Morgan fingerprint density at radius 1 is 1.20 bits per heavy atom. The zero-order valence-electron chi connectivity index (χ0n) is 10.2. The van der Waals surface area contributed by atoms with Crippen molar-refractivity contribution in [1.82, 2.24) is 0 Å². The van der Waals surface area contributed by atoms with Crippen LogP contribution in [0.5, 0.6) is 0 Å². The minimum atomic E-state index is -1.06. The molecule has 0 aliphatic heterocycles. The number of primary amides is 1. The van der Waals surface area contributed by atoms with Crippen molar-refractivity contribution in [3.05, 3.63) is 63.9 Å². The van der Waals surface area contributed by atoms with Crippen LogP contribution in [0.1, 0.15) is 11.6 Å². The van der Waals surface area contributed by atoms with E-state index >= 15 is 0 Å². The summed E-state index contributed by atoms with van der Waals surface area (Å²) in [7, 11) is 0. The van der Waals surface area contributed by atoms with E-state index in [0.717, 1.165) is 0 Å². The number of halogens is 3. The van der Waals surface area contributed by atoms with Crippen molar-refractivity contribution in [2.24, 2.45) is 5.73 Å². The molecule has 0 bridgehead atoms. The van der Waals surface area contributed by atoms with Gasteiger partial charge in [-0.2, -0.15) is 0 Å². The number of rotatable bonds is 4. The van der Waals surface area contributed by atoms with Crippen LogP contribution in [0.2, 0.25) is 10.0 Å². The van der Waals surface area contributed by atoms with E-state index in [1.54, 1.807) is 24.3 Å². The first-order chi connectivity index (χ1) is 9.49. The largest absolute Gasteiger partial charge is 0.369 e. The number of amides is 1. The molecule has 1 amide bonds. The van der Waals surface area contributed by atoms with Gasteiger partial charge in [-0.25, -0.2) is 4.39 Å². The predicted octanol–water partition coefficient (Wildman–Crippen LogP) is 3.77. The van der Waals surface area contributed by atoms with Gasteiger partial charge in [-0.1, -0.05) is 35.3 Å². The molecule has 3 nitrogen and oxygen atoms in total. The van der Waals surface area contributed by atoms with E-state index < -0.39 is 17.8 Å². The summed E-state index contributed by atoms with van der Waals surface area (Å²) in [6.07, 6.45) is 0. The summed E-state index contributed by atoms with van der Waals surface area (Å²) < 4.78 is 13.8. The number of carbonyl (C=O) groups is 1. The summed E-state index contributed by atoms with van der Waals surface area (Å²) in [5.41, 5.74) is 5.89. The maximum atomic E-state index is 13.8. The molecule has 0 aliphatic carbocycles. The molecule has 1 atom stereocenters. The van der Waals surface area contributed by atoms with Crippen LogP contribution in [0.15, 0.2) is 42.5 Å². The van der Waals surface area contributed by atoms with Crippen molar-refractivity contribution in [2.75, 3.05) is 5.32 Å². The van der Waals surface area contributed by atoms with Crippen LogP contribution >= 0.6 is 23.2 Å². The Morgan fingerprint density at radius 2 is 1.90 bits per heavy atom. The molecule has 0 saturated heterocycles. The van der Waals surface area contributed by atoms with Gasteiger partial charge in [0.05, 0.1) is 10.7 Å². The lowest BCUT2D eigenvalue weighted by atomic mass is 10.1. The fourth-order valence-electron chi connectivity index (χ4n) is 1.77. The molecular weight excluding hydrogens is 302 g/mol. The average Bonchev–Trinajstić information content (AvgIpc) is 2.40. The molecule has 104 valence electrons. The third-order valence-corrected chi connectivity index (χ3v) is 3.29. The lowest BCUT2D eigenvalue weighted by Crippen LogP contribution is -2.28. The maximum absolute atomic E-state index is 13.8. The Bertz CT molecular complexity index is 649. The van der Waals surface area contributed by atoms with Crippen LogP contribution in [0.25, 0.3) is 0 Å². The number of para-hydroxylation sites is 1. The van der Waals surface area contributed by atoms with Gasteiger partial charge in [-0.3, -0.25) is 4.79 Å². The quantitative estimate of drug-likeness (QED) is 0.903. The normalized spacial score (nSPS) is 11.9. The highest BCUT2D eigenvalue weighted by molar-refractivity contribution is 6.33. The number of benzene rings is 2. The van der Waals surface area contributed by atoms with Gasteiger partial charge in [-0.05, 0) is 30.3 Å². The zero-order valence-corrected chi connectivity index (χ0v) is 11.8. The van der Waals surface area contributed by atoms with Crippen molar-refractivity contribution in [1.29, 1.82) is 0 Å². The van der Waals surface area contributed by atoms with Crippen molar-refractivity contribution in [3.63, 3.8) is 0 Å². The molecule has 2 rings (SSSR count). The highest BCUT2D eigenvalue weighted by Crippen LogP contribution is 2.28. The first-order valence-electron chi connectivity index (χ1n) is 5.74. The predicted molar refractivity (Wildman–Crippen MR) is 78.4 cm³/mol. The molecule has 0 heterocycles. The van der Waals surface area contributed by atoms with Crippen LogP contribution in [0, 0.1) is 5.82 Å². The summed E-state index contributed by atoms with van der Waals surface area (Å²) in [6.45, 7) is 0. The lowest BCUT2D eigenvalue weighted by molar-refractivity contribution is -0.118. The summed E-state index contributed by atoms with van der Waals surface area (Å²) in [5, 5.41) is 3.54. The second-order valence-electron chi connectivity index (χ2n) is 4.13. The average molecular weight is 313 g/mol. The minimum Gasteiger partial charge on any atom is -0.369 e. The number of hydrogen-bond acceptors (Lipinski definition) is 2. The Morgan fingerprint density at radius 3 is 2.55 bits per heavy atom. The second-order valence-corrected chi connectivity index (χ2v) is 4.97. The number of nitrogens with two attached hydrogens (primary N) is 1. The molecule has 3 N–H and O–H groups in total. The summed E-state index contributed by atoms with van der Waals surface area (Å²) in [5.74, 6) is -1.30. The van der Waals surface area contributed by atoms with Gasteiger partial charge in [0.15, 0.2) is 0 Å². The minimum absolute atomic E-state index is 0.0740. The van der Waals surface area contributed by atoms with Gasteiger partial charge in [-0.15, -0.1) is 0 Å². The molecule has 2 aromatic carbocycles. The molecule has 0 saturated carbocycles. The van der Waals surface area contributed by atoms with Crippen molar-refractivity contribution in [3.8, 4) is 0 Å². The van der Waals surface area contributed by atoms with Crippen LogP contribution < -0.4 is 11.1 Å². The molecule has 0 aromatic heterocycles. The van der Waals surface area contributed by atoms with E-state index in [1.807, 2.05) is 0 Å². The van der Waals surface area contributed by atoms with E-state index in [2.05, 4.69) is 5.32 Å². The Balaban J connectivity index is 2.40. The Kier molecular flexibility index (Phi) is 4.47. The van der Waals surface area contributed by atoms with E-state index in [0.29, 0.717) is 15.7 Å². The van der Waals surface area contributed by atoms with Crippen molar-refractivity contribution >= 4 is 34.8 Å². The van der Waals surface area contributed by atoms with Gasteiger partial charge in [0.25, 0.3) is 0 Å². The fourth-order valence-corrected chi connectivity index (χ4v) is 2.14. The third kappa shape index (κ3) is 3.21. The fraction of sp³-hybridized carbons (Fsp3) is 0.0714. The van der Waals surface area contributed by atoms with Crippen molar-refractivity contribution < 1.29 is 9.18 Å². The molecule has 0 fully saturated rings. The van der Waals surface area contributed by atoms with Crippen LogP contribution in [0.4, 0.5) is 10.1 Å². The Labute approximate surface area is 125 Å². The molecule has 6 heteroatoms. The molecule has 0 spiro atoms. The van der Waals surface area contributed by atoms with Crippen LogP contribution in [-0.4, -0.2) is 5.91 Å². The van der Waals surface area contributed by atoms with Gasteiger partial charge < -0.3 is 11.1 Å². The van der Waals surface area contributed by atoms with Crippen LogP contribution in [-0.2, 0) is 4.79 Å². The summed E-state index contributed by atoms with van der Waals surface area (Å²) in [6, 6.07) is 9.67. The molecule has 0 radical (unpaired) electrons. The first kappa shape index (κ1) is 14.6. The topological polar surface area (TPSA) is 55.1 Å². The SMILES string of the molecule is NC(=O)C(Nc1ccccc1Cl)c1cc(Cl)ccc1F. The summed E-state index contributed by atoms with van der Waals surface area (Å²) in [4.78, 5) is 11.6. The number of carbonyl (C=O) groups excluding carboxylic acids is 1. The van der Waals surface area contributed by atoms with Crippen molar-refractivity contribution in [2.45, 2.75) is 6.04 Å². The smallest absolute Gasteiger partial charge is 0.244 e. The Hall–Kier alpha value is -1.78. The molecule has 1 unspecified atom stereocenters. The molecular formula is C14H11Cl2FN2O. The number of nitrogens with one attached hydrogen (secondary N) is 1. The van der Waals surface area contributed by atoms with Gasteiger partial charge in [0, 0.05) is 10.6 Å². The van der Waals surface area contributed by atoms with Gasteiger partial charge in [0.2, 0.25) is 5.91 Å². The number of hydrogen-bond donors (Lipinski definition) is 2. The van der Waals surface area contributed by atoms with Gasteiger partial charge >= 0.3 is 0 Å². The third-order valence-electron chi connectivity index (χ3n) is 2.73. The molecule has 2 aromatic rings.